The number of hydrogen-bond acceptors (Lipinski definition) is 3. The second kappa shape index (κ2) is 6.52. The molecular formula is C14H22N2O2. The minimum atomic E-state index is -0.908. The van der Waals surface area contributed by atoms with E-state index in [1.165, 1.54) is 5.56 Å². The minimum Gasteiger partial charge on any atom is -0.389 e. The Labute approximate surface area is 108 Å². The van der Waals surface area contributed by atoms with E-state index in [0.29, 0.717) is 6.42 Å². The van der Waals surface area contributed by atoms with Crippen LogP contribution >= 0.6 is 0 Å². The molecule has 0 aliphatic heterocycles. The summed E-state index contributed by atoms with van der Waals surface area (Å²) in [5, 5.41) is 12.1. The van der Waals surface area contributed by atoms with Crippen LogP contribution in [0.4, 0.5) is 0 Å². The molecule has 0 aliphatic carbocycles. The van der Waals surface area contributed by atoms with Crippen LogP contribution in [-0.2, 0) is 11.2 Å². The molecule has 1 rings (SSSR count). The van der Waals surface area contributed by atoms with E-state index in [2.05, 4.69) is 5.32 Å². The maximum absolute atomic E-state index is 11.7. The highest BCUT2D eigenvalue weighted by Gasteiger charge is 2.17. The molecule has 0 saturated carbocycles. The van der Waals surface area contributed by atoms with Crippen molar-refractivity contribution < 1.29 is 9.90 Å². The lowest BCUT2D eigenvalue weighted by Crippen LogP contribution is -2.46. The van der Waals surface area contributed by atoms with Crippen LogP contribution in [0.2, 0.25) is 0 Å². The molecule has 0 heterocycles. The SMILES string of the molecule is CC(C)(O)CNC(=O)C(N)CCc1ccccc1. The molecule has 1 unspecified atom stereocenters. The molecule has 4 nitrogen and oxygen atoms in total. The normalized spacial score (nSPS) is 13.1. The largest absolute Gasteiger partial charge is 0.389 e. The number of hydrogen-bond donors (Lipinski definition) is 3. The predicted molar refractivity (Wildman–Crippen MR) is 72.0 cm³/mol. The van der Waals surface area contributed by atoms with Crippen molar-refractivity contribution in [2.24, 2.45) is 5.73 Å². The Bertz CT molecular complexity index is 371. The van der Waals surface area contributed by atoms with Crippen LogP contribution in [0.1, 0.15) is 25.8 Å². The maximum Gasteiger partial charge on any atom is 0.237 e. The molecule has 1 amide bonds. The van der Waals surface area contributed by atoms with Crippen LogP contribution in [0.15, 0.2) is 30.3 Å². The van der Waals surface area contributed by atoms with E-state index in [1.807, 2.05) is 30.3 Å². The first-order valence-corrected chi connectivity index (χ1v) is 6.18. The standard InChI is InChI=1S/C14H22N2O2/c1-14(2,18)10-16-13(17)12(15)9-8-11-6-4-3-5-7-11/h3-7,12,18H,8-10,15H2,1-2H3,(H,16,17). The summed E-state index contributed by atoms with van der Waals surface area (Å²) in [5.41, 5.74) is 6.06. The Balaban J connectivity index is 2.32. The average Bonchev–Trinajstić information content (AvgIpc) is 2.33. The lowest BCUT2D eigenvalue weighted by atomic mass is 10.0. The van der Waals surface area contributed by atoms with Gasteiger partial charge in [-0.1, -0.05) is 30.3 Å². The molecule has 0 fully saturated rings. The van der Waals surface area contributed by atoms with Crippen molar-refractivity contribution in [3.63, 3.8) is 0 Å². The van der Waals surface area contributed by atoms with Gasteiger partial charge in [-0.15, -0.1) is 0 Å². The molecule has 100 valence electrons. The van der Waals surface area contributed by atoms with Crippen LogP contribution in [-0.4, -0.2) is 29.2 Å². The first kappa shape index (κ1) is 14.7. The highest BCUT2D eigenvalue weighted by Crippen LogP contribution is 2.04. The number of aryl methyl sites for hydroxylation is 1. The van der Waals surface area contributed by atoms with Gasteiger partial charge in [0.1, 0.15) is 0 Å². The van der Waals surface area contributed by atoms with Crippen molar-refractivity contribution >= 4 is 5.91 Å². The van der Waals surface area contributed by atoms with Crippen molar-refractivity contribution in [3.05, 3.63) is 35.9 Å². The number of amides is 1. The molecule has 1 aromatic carbocycles. The first-order chi connectivity index (χ1) is 8.38. The number of carbonyl (C=O) groups excluding carboxylic acids is 1. The van der Waals surface area contributed by atoms with E-state index >= 15 is 0 Å². The molecule has 0 radical (unpaired) electrons. The zero-order chi connectivity index (χ0) is 13.6. The minimum absolute atomic E-state index is 0.213. The van der Waals surface area contributed by atoms with Crippen molar-refractivity contribution in [2.45, 2.75) is 38.3 Å². The van der Waals surface area contributed by atoms with Gasteiger partial charge in [0.2, 0.25) is 5.91 Å². The summed E-state index contributed by atoms with van der Waals surface area (Å²) in [4.78, 5) is 11.7. The van der Waals surface area contributed by atoms with Crippen LogP contribution < -0.4 is 11.1 Å². The van der Waals surface area contributed by atoms with Gasteiger partial charge < -0.3 is 16.2 Å². The molecule has 0 bridgehead atoms. The van der Waals surface area contributed by atoms with Crippen LogP contribution in [0.5, 0.6) is 0 Å². The van der Waals surface area contributed by atoms with E-state index in [-0.39, 0.29) is 12.5 Å². The summed E-state index contributed by atoms with van der Waals surface area (Å²) in [6, 6.07) is 9.39. The van der Waals surface area contributed by atoms with E-state index in [1.54, 1.807) is 13.8 Å². The van der Waals surface area contributed by atoms with E-state index in [4.69, 9.17) is 5.73 Å². The Morgan fingerprint density at radius 1 is 1.39 bits per heavy atom. The first-order valence-electron chi connectivity index (χ1n) is 6.18. The topological polar surface area (TPSA) is 75.3 Å². The zero-order valence-electron chi connectivity index (χ0n) is 11.0. The molecule has 4 N–H and O–H groups in total. The average molecular weight is 250 g/mol. The van der Waals surface area contributed by atoms with Crippen LogP contribution in [0.3, 0.4) is 0 Å². The van der Waals surface area contributed by atoms with Gasteiger partial charge in [0.15, 0.2) is 0 Å². The number of rotatable bonds is 6. The van der Waals surface area contributed by atoms with Gasteiger partial charge in [0.25, 0.3) is 0 Å². The summed E-state index contributed by atoms with van der Waals surface area (Å²) >= 11 is 0. The molecular weight excluding hydrogens is 228 g/mol. The van der Waals surface area contributed by atoms with Crippen LogP contribution in [0.25, 0.3) is 0 Å². The highest BCUT2D eigenvalue weighted by molar-refractivity contribution is 5.81. The predicted octanol–water partition coefficient (Wildman–Crippen LogP) is 0.834. The lowest BCUT2D eigenvalue weighted by Gasteiger charge is -2.19. The Morgan fingerprint density at radius 3 is 2.56 bits per heavy atom. The van der Waals surface area contributed by atoms with Crippen molar-refractivity contribution in [2.75, 3.05) is 6.54 Å². The van der Waals surface area contributed by atoms with Crippen LogP contribution in [0, 0.1) is 0 Å². The fraction of sp³-hybridized carbons (Fsp3) is 0.500. The molecule has 0 spiro atoms. The zero-order valence-corrected chi connectivity index (χ0v) is 11.0. The van der Waals surface area contributed by atoms with E-state index in [0.717, 1.165) is 6.42 Å². The second-order valence-electron chi connectivity index (χ2n) is 5.16. The second-order valence-corrected chi connectivity index (χ2v) is 5.16. The quantitative estimate of drug-likeness (QED) is 0.700. The molecule has 0 aromatic heterocycles. The number of nitrogens with two attached hydrogens (primary N) is 1. The Hall–Kier alpha value is -1.39. The van der Waals surface area contributed by atoms with E-state index in [9.17, 15) is 9.90 Å². The molecule has 18 heavy (non-hydrogen) atoms. The van der Waals surface area contributed by atoms with Crippen molar-refractivity contribution in [1.82, 2.24) is 5.32 Å². The van der Waals surface area contributed by atoms with Crippen molar-refractivity contribution in [1.29, 1.82) is 0 Å². The third-order valence-electron chi connectivity index (χ3n) is 2.62. The number of nitrogens with one attached hydrogen (secondary N) is 1. The fourth-order valence-electron chi connectivity index (χ4n) is 1.53. The van der Waals surface area contributed by atoms with Gasteiger partial charge in [-0.25, -0.2) is 0 Å². The van der Waals surface area contributed by atoms with Gasteiger partial charge >= 0.3 is 0 Å². The summed E-state index contributed by atoms with van der Waals surface area (Å²) < 4.78 is 0. The van der Waals surface area contributed by atoms with Gasteiger partial charge in [-0.2, -0.15) is 0 Å². The highest BCUT2D eigenvalue weighted by atomic mass is 16.3. The molecule has 1 aromatic rings. The van der Waals surface area contributed by atoms with Gasteiger partial charge in [0, 0.05) is 6.54 Å². The smallest absolute Gasteiger partial charge is 0.237 e. The summed E-state index contributed by atoms with van der Waals surface area (Å²) in [7, 11) is 0. The van der Waals surface area contributed by atoms with Gasteiger partial charge in [-0.05, 0) is 32.3 Å². The summed E-state index contributed by atoms with van der Waals surface area (Å²) in [6.45, 7) is 3.50. The summed E-state index contributed by atoms with van der Waals surface area (Å²) in [6.07, 6.45) is 1.37. The lowest BCUT2D eigenvalue weighted by molar-refractivity contribution is -0.123. The van der Waals surface area contributed by atoms with E-state index < -0.39 is 11.6 Å². The van der Waals surface area contributed by atoms with Gasteiger partial charge in [0.05, 0.1) is 11.6 Å². The number of aliphatic hydroxyl groups is 1. The monoisotopic (exact) mass is 250 g/mol. The number of benzene rings is 1. The fourth-order valence-corrected chi connectivity index (χ4v) is 1.53. The molecule has 1 atom stereocenters. The maximum atomic E-state index is 11.7. The summed E-state index contributed by atoms with van der Waals surface area (Å²) in [5.74, 6) is -0.215. The van der Waals surface area contributed by atoms with Crippen molar-refractivity contribution in [3.8, 4) is 0 Å². The molecule has 0 saturated heterocycles. The molecule has 4 heteroatoms. The third-order valence-corrected chi connectivity index (χ3v) is 2.62. The van der Waals surface area contributed by atoms with Gasteiger partial charge in [-0.3, -0.25) is 4.79 Å². The molecule has 0 aliphatic rings. The Morgan fingerprint density at radius 2 is 2.00 bits per heavy atom. The Kier molecular flexibility index (Phi) is 5.31. The third kappa shape index (κ3) is 5.80. The number of carbonyl (C=O) groups is 1.